The highest BCUT2D eigenvalue weighted by Crippen LogP contribution is 2.14. The van der Waals surface area contributed by atoms with E-state index < -0.39 is 0 Å². The normalized spacial score (nSPS) is 10.7. The smallest absolute Gasteiger partial charge is 0.123 e. The number of hydrogen-bond donors (Lipinski definition) is 2. The quantitative estimate of drug-likeness (QED) is 0.707. The van der Waals surface area contributed by atoms with Crippen LogP contribution in [0.15, 0.2) is 24.3 Å². The van der Waals surface area contributed by atoms with Gasteiger partial charge in [-0.1, -0.05) is 12.1 Å². The molecule has 0 amide bonds. The van der Waals surface area contributed by atoms with E-state index in [1.54, 1.807) is 12.1 Å². The predicted molar refractivity (Wildman–Crippen MR) is 43.3 cm³/mol. The van der Waals surface area contributed by atoms with Crippen molar-refractivity contribution >= 4 is 0 Å². The fourth-order valence-corrected chi connectivity index (χ4v) is 1.00. The lowest BCUT2D eigenvalue weighted by Crippen LogP contribution is -2.08. The van der Waals surface area contributed by atoms with E-state index in [1.807, 2.05) is 0 Å². The van der Waals surface area contributed by atoms with Gasteiger partial charge in [0.25, 0.3) is 0 Å². The van der Waals surface area contributed by atoms with E-state index in [-0.39, 0.29) is 24.9 Å². The van der Waals surface area contributed by atoms with Crippen LogP contribution >= 0.6 is 0 Å². The van der Waals surface area contributed by atoms with Gasteiger partial charge in [0.1, 0.15) is 5.82 Å². The van der Waals surface area contributed by atoms with Crippen LogP contribution in [0.2, 0.25) is 0 Å². The third-order valence-electron chi connectivity index (χ3n) is 1.78. The molecule has 0 aliphatic heterocycles. The zero-order chi connectivity index (χ0) is 8.97. The van der Waals surface area contributed by atoms with Gasteiger partial charge in [-0.05, 0) is 17.7 Å². The van der Waals surface area contributed by atoms with Gasteiger partial charge in [-0.3, -0.25) is 0 Å². The monoisotopic (exact) mass is 170 g/mol. The molecule has 0 unspecified atom stereocenters. The fourth-order valence-electron chi connectivity index (χ4n) is 1.00. The Bertz CT molecular complexity index is 229. The summed E-state index contributed by atoms with van der Waals surface area (Å²) in [5, 5.41) is 17.6. The molecule has 0 aliphatic rings. The average Bonchev–Trinajstić information content (AvgIpc) is 2.10. The summed E-state index contributed by atoms with van der Waals surface area (Å²) in [6.07, 6.45) is 0. The summed E-state index contributed by atoms with van der Waals surface area (Å²) in [4.78, 5) is 0. The van der Waals surface area contributed by atoms with Crippen LogP contribution in [0.3, 0.4) is 0 Å². The van der Waals surface area contributed by atoms with E-state index in [9.17, 15) is 4.39 Å². The fraction of sp³-hybridized carbons (Fsp3) is 0.333. The average molecular weight is 170 g/mol. The molecule has 0 aliphatic carbocycles. The maximum atomic E-state index is 12.4. The van der Waals surface area contributed by atoms with Gasteiger partial charge in [-0.15, -0.1) is 0 Å². The summed E-state index contributed by atoms with van der Waals surface area (Å²) in [6.45, 7) is -0.246. The number of aliphatic hydroxyl groups excluding tert-OH is 2. The first-order valence-corrected chi connectivity index (χ1v) is 3.75. The molecule has 0 saturated carbocycles. The number of rotatable bonds is 3. The van der Waals surface area contributed by atoms with E-state index in [0.29, 0.717) is 0 Å². The number of aliphatic hydroxyl groups is 2. The van der Waals surface area contributed by atoms with Gasteiger partial charge in [0, 0.05) is 5.92 Å². The Kier molecular flexibility index (Phi) is 3.19. The van der Waals surface area contributed by atoms with E-state index in [1.165, 1.54) is 12.1 Å². The second-order valence-corrected chi connectivity index (χ2v) is 2.61. The van der Waals surface area contributed by atoms with Crippen molar-refractivity contribution < 1.29 is 14.6 Å². The zero-order valence-corrected chi connectivity index (χ0v) is 6.57. The van der Waals surface area contributed by atoms with Crippen molar-refractivity contribution in [3.63, 3.8) is 0 Å². The third kappa shape index (κ3) is 2.03. The van der Waals surface area contributed by atoms with Crippen molar-refractivity contribution in [2.45, 2.75) is 5.92 Å². The second-order valence-electron chi connectivity index (χ2n) is 2.61. The Balaban J connectivity index is 2.80. The van der Waals surface area contributed by atoms with E-state index in [4.69, 9.17) is 10.2 Å². The first-order chi connectivity index (χ1) is 5.77. The zero-order valence-electron chi connectivity index (χ0n) is 6.57. The summed E-state index contributed by atoms with van der Waals surface area (Å²) in [6, 6.07) is 5.75. The Labute approximate surface area is 70.3 Å². The van der Waals surface area contributed by atoms with Crippen LogP contribution in [0.5, 0.6) is 0 Å². The molecule has 0 radical (unpaired) electrons. The van der Waals surface area contributed by atoms with Crippen LogP contribution in [0.1, 0.15) is 11.5 Å². The van der Waals surface area contributed by atoms with Crippen LogP contribution in [0, 0.1) is 5.82 Å². The minimum atomic E-state index is -0.312. The Morgan fingerprint density at radius 3 is 2.00 bits per heavy atom. The van der Waals surface area contributed by atoms with Gasteiger partial charge >= 0.3 is 0 Å². The van der Waals surface area contributed by atoms with Crippen molar-refractivity contribution in [1.82, 2.24) is 0 Å². The highest BCUT2D eigenvalue weighted by Gasteiger charge is 2.07. The molecule has 0 spiro atoms. The van der Waals surface area contributed by atoms with Crippen LogP contribution in [-0.4, -0.2) is 23.4 Å². The van der Waals surface area contributed by atoms with Gasteiger partial charge in [0.05, 0.1) is 13.2 Å². The van der Waals surface area contributed by atoms with Crippen LogP contribution in [-0.2, 0) is 0 Å². The van der Waals surface area contributed by atoms with Gasteiger partial charge in [-0.25, -0.2) is 4.39 Å². The van der Waals surface area contributed by atoms with Crippen LogP contribution in [0.4, 0.5) is 4.39 Å². The minimum absolute atomic E-state index is 0.123. The second kappa shape index (κ2) is 4.18. The summed E-state index contributed by atoms with van der Waals surface area (Å²) in [5.41, 5.74) is 0.751. The Morgan fingerprint density at radius 2 is 1.58 bits per heavy atom. The van der Waals surface area contributed by atoms with Crippen LogP contribution in [0.25, 0.3) is 0 Å². The predicted octanol–water partition coefficient (Wildman–Crippen LogP) is 0.894. The Morgan fingerprint density at radius 1 is 1.08 bits per heavy atom. The van der Waals surface area contributed by atoms with Crippen LogP contribution < -0.4 is 0 Å². The molecule has 2 nitrogen and oxygen atoms in total. The molecule has 3 heteroatoms. The summed E-state index contributed by atoms with van der Waals surface area (Å²) in [7, 11) is 0. The molecular weight excluding hydrogens is 159 g/mol. The molecule has 12 heavy (non-hydrogen) atoms. The van der Waals surface area contributed by atoms with Gasteiger partial charge in [0.2, 0.25) is 0 Å². The summed E-state index contributed by atoms with van der Waals surface area (Å²) in [5.74, 6) is -0.612. The van der Waals surface area contributed by atoms with Crippen molar-refractivity contribution in [2.24, 2.45) is 0 Å². The van der Waals surface area contributed by atoms with E-state index in [2.05, 4.69) is 0 Å². The molecule has 66 valence electrons. The van der Waals surface area contributed by atoms with Gasteiger partial charge < -0.3 is 10.2 Å². The van der Waals surface area contributed by atoms with E-state index >= 15 is 0 Å². The molecule has 1 aromatic carbocycles. The minimum Gasteiger partial charge on any atom is -0.396 e. The lowest BCUT2D eigenvalue weighted by molar-refractivity contribution is 0.192. The molecule has 0 bridgehead atoms. The topological polar surface area (TPSA) is 40.5 Å². The lowest BCUT2D eigenvalue weighted by Gasteiger charge is -2.10. The molecule has 2 N–H and O–H groups in total. The largest absolute Gasteiger partial charge is 0.396 e. The summed E-state index contributed by atoms with van der Waals surface area (Å²) < 4.78 is 12.4. The molecule has 0 fully saturated rings. The van der Waals surface area contributed by atoms with E-state index in [0.717, 1.165) is 5.56 Å². The number of benzene rings is 1. The standard InChI is InChI=1S/C9H11FO2/c10-9-3-1-7(2-4-9)8(5-11)6-12/h1-4,8,11-12H,5-6H2. The van der Waals surface area contributed by atoms with Crippen molar-refractivity contribution in [1.29, 1.82) is 0 Å². The molecule has 1 aromatic rings. The SMILES string of the molecule is OCC(CO)c1ccc(F)cc1. The molecular formula is C9H11FO2. The van der Waals surface area contributed by atoms with Gasteiger partial charge in [-0.2, -0.15) is 0 Å². The van der Waals surface area contributed by atoms with Crippen molar-refractivity contribution in [3.05, 3.63) is 35.6 Å². The Hall–Kier alpha value is -0.930. The first-order valence-electron chi connectivity index (χ1n) is 3.75. The first kappa shape index (κ1) is 9.16. The lowest BCUT2D eigenvalue weighted by atomic mass is 10.0. The van der Waals surface area contributed by atoms with Crippen molar-refractivity contribution in [2.75, 3.05) is 13.2 Å². The molecule has 0 heterocycles. The number of hydrogen-bond acceptors (Lipinski definition) is 2. The molecule has 0 aromatic heterocycles. The molecule has 0 atom stereocenters. The maximum absolute atomic E-state index is 12.4. The maximum Gasteiger partial charge on any atom is 0.123 e. The highest BCUT2D eigenvalue weighted by molar-refractivity contribution is 5.20. The molecule has 0 saturated heterocycles. The molecule has 1 rings (SSSR count). The van der Waals surface area contributed by atoms with Crippen molar-refractivity contribution in [3.8, 4) is 0 Å². The highest BCUT2D eigenvalue weighted by atomic mass is 19.1. The summed E-state index contributed by atoms with van der Waals surface area (Å²) >= 11 is 0. The third-order valence-corrected chi connectivity index (χ3v) is 1.78. The number of halogens is 1. The van der Waals surface area contributed by atoms with Gasteiger partial charge in [0.15, 0.2) is 0 Å².